The number of hydrogen-bond acceptors (Lipinski definition) is 8. The molecular weight excluding hydrogens is 472 g/mol. The summed E-state index contributed by atoms with van der Waals surface area (Å²) in [5, 5.41) is 26.4. The Kier molecular flexibility index (Phi) is 6.78. The molecule has 0 unspecified atom stereocenters. The Morgan fingerprint density at radius 3 is 2.39 bits per heavy atom. The van der Waals surface area contributed by atoms with Crippen LogP contribution in [0.15, 0.2) is 70.2 Å². The minimum absolute atomic E-state index is 0.165. The first-order valence-corrected chi connectivity index (χ1v) is 9.50. The Hall–Kier alpha value is -3.99. The maximum absolute atomic E-state index is 11.4. The van der Waals surface area contributed by atoms with Gasteiger partial charge in [0.15, 0.2) is 11.5 Å². The summed E-state index contributed by atoms with van der Waals surface area (Å²) in [5.74, 6) is 0.289. The Morgan fingerprint density at radius 1 is 1.00 bits per heavy atom. The summed E-state index contributed by atoms with van der Waals surface area (Å²) in [6, 6.07) is 15.8. The molecule has 3 aromatic carbocycles. The van der Waals surface area contributed by atoms with Crippen molar-refractivity contribution in [3.8, 4) is 17.2 Å². The molecule has 1 N–H and O–H groups in total. The molecule has 31 heavy (non-hydrogen) atoms. The molecule has 0 radical (unpaired) electrons. The monoisotopic (exact) mass is 486 g/mol. The number of rotatable bonds is 8. The highest BCUT2D eigenvalue weighted by molar-refractivity contribution is 9.10. The highest BCUT2D eigenvalue weighted by Gasteiger charge is 2.23. The number of non-ortho nitro benzene ring substituents is 1. The van der Waals surface area contributed by atoms with Gasteiger partial charge >= 0.3 is 5.69 Å². The smallest absolute Gasteiger partial charge is 0.318 e. The summed E-state index contributed by atoms with van der Waals surface area (Å²) >= 11 is 3.37. The molecule has 0 aliphatic carbocycles. The van der Waals surface area contributed by atoms with Crippen LogP contribution in [-0.4, -0.2) is 23.2 Å². The van der Waals surface area contributed by atoms with E-state index in [4.69, 9.17) is 9.47 Å². The third-order valence-electron chi connectivity index (χ3n) is 3.99. The molecule has 0 bridgehead atoms. The Morgan fingerprint density at radius 2 is 1.74 bits per heavy atom. The molecule has 0 saturated heterocycles. The van der Waals surface area contributed by atoms with Crippen molar-refractivity contribution in [2.45, 2.75) is 0 Å². The Labute approximate surface area is 184 Å². The van der Waals surface area contributed by atoms with E-state index in [1.54, 1.807) is 18.3 Å². The van der Waals surface area contributed by atoms with Gasteiger partial charge in [0, 0.05) is 6.07 Å². The topological polar surface area (TPSA) is 129 Å². The molecule has 0 aliphatic heterocycles. The predicted molar refractivity (Wildman–Crippen MR) is 118 cm³/mol. The average molecular weight is 487 g/mol. The van der Waals surface area contributed by atoms with Crippen LogP contribution in [0, 0.1) is 20.2 Å². The van der Waals surface area contributed by atoms with Crippen molar-refractivity contribution in [1.82, 2.24) is 0 Å². The lowest BCUT2D eigenvalue weighted by Crippen LogP contribution is -1.99. The molecule has 0 saturated carbocycles. The van der Waals surface area contributed by atoms with E-state index in [0.29, 0.717) is 10.0 Å². The second kappa shape index (κ2) is 9.67. The van der Waals surface area contributed by atoms with Crippen LogP contribution in [-0.2, 0) is 0 Å². The number of nitrogens with one attached hydrogen (secondary N) is 1. The van der Waals surface area contributed by atoms with Gasteiger partial charge in [-0.2, -0.15) is 5.10 Å². The summed E-state index contributed by atoms with van der Waals surface area (Å²) in [4.78, 5) is 20.8. The molecule has 0 heterocycles. The average Bonchev–Trinajstić information content (AvgIpc) is 2.76. The first-order valence-electron chi connectivity index (χ1n) is 8.71. The number of hydrazone groups is 1. The zero-order chi connectivity index (χ0) is 22.4. The summed E-state index contributed by atoms with van der Waals surface area (Å²) in [6.45, 7) is 0. The zero-order valence-corrected chi connectivity index (χ0v) is 17.6. The molecule has 11 heteroatoms. The van der Waals surface area contributed by atoms with Crippen LogP contribution in [0.1, 0.15) is 5.56 Å². The van der Waals surface area contributed by atoms with Gasteiger partial charge in [0.25, 0.3) is 5.69 Å². The van der Waals surface area contributed by atoms with E-state index >= 15 is 0 Å². The second-order valence-electron chi connectivity index (χ2n) is 6.04. The fourth-order valence-corrected chi connectivity index (χ4v) is 3.11. The molecule has 3 aromatic rings. The van der Waals surface area contributed by atoms with Crippen LogP contribution in [0.4, 0.5) is 17.1 Å². The van der Waals surface area contributed by atoms with Crippen LogP contribution in [0.5, 0.6) is 17.2 Å². The third kappa shape index (κ3) is 5.34. The number of hydrogen-bond donors (Lipinski definition) is 1. The highest BCUT2D eigenvalue weighted by Crippen LogP contribution is 2.42. The lowest BCUT2D eigenvalue weighted by Gasteiger charge is -2.13. The summed E-state index contributed by atoms with van der Waals surface area (Å²) in [6.07, 6.45) is 1.57. The van der Waals surface area contributed by atoms with E-state index in [1.165, 1.54) is 13.2 Å². The number of para-hydroxylation sites is 1. The molecule has 158 valence electrons. The molecule has 0 spiro atoms. The normalized spacial score (nSPS) is 10.6. The van der Waals surface area contributed by atoms with Gasteiger partial charge in [0.2, 0.25) is 5.75 Å². The molecule has 3 rings (SSSR count). The molecule has 0 aliphatic rings. The van der Waals surface area contributed by atoms with E-state index in [-0.39, 0.29) is 17.2 Å². The number of halogens is 1. The van der Waals surface area contributed by atoms with Crippen LogP contribution in [0.2, 0.25) is 0 Å². The zero-order valence-electron chi connectivity index (χ0n) is 16.0. The SMILES string of the molecule is COc1cc(C=NNc2ccccc2)cc(Br)c1Oc1ccc([N+](=O)[O-])cc1[N+](=O)[O-]. The largest absolute Gasteiger partial charge is 0.493 e. The fraction of sp³-hybridized carbons (Fsp3) is 0.0500. The van der Waals surface area contributed by atoms with E-state index in [2.05, 4.69) is 26.5 Å². The number of nitro benzene ring substituents is 2. The highest BCUT2D eigenvalue weighted by atomic mass is 79.9. The van der Waals surface area contributed by atoms with Crippen molar-refractivity contribution >= 4 is 39.2 Å². The number of benzene rings is 3. The summed E-state index contributed by atoms with van der Waals surface area (Å²) < 4.78 is 11.5. The Bertz CT molecular complexity index is 1150. The van der Waals surface area contributed by atoms with Crippen molar-refractivity contribution in [3.63, 3.8) is 0 Å². The predicted octanol–water partition coefficient (Wildman–Crippen LogP) is 5.51. The van der Waals surface area contributed by atoms with Crippen LogP contribution >= 0.6 is 15.9 Å². The van der Waals surface area contributed by atoms with Crippen LogP contribution in [0.3, 0.4) is 0 Å². The van der Waals surface area contributed by atoms with Crippen LogP contribution < -0.4 is 14.9 Å². The number of anilines is 1. The van der Waals surface area contributed by atoms with E-state index in [9.17, 15) is 20.2 Å². The second-order valence-corrected chi connectivity index (χ2v) is 6.89. The maximum atomic E-state index is 11.4. The molecule has 0 aromatic heterocycles. The van der Waals surface area contributed by atoms with Crippen molar-refractivity contribution in [1.29, 1.82) is 0 Å². The van der Waals surface area contributed by atoms with Crippen molar-refractivity contribution < 1.29 is 19.3 Å². The number of ether oxygens (including phenoxy) is 2. The Balaban J connectivity index is 1.89. The molecule has 10 nitrogen and oxygen atoms in total. The number of nitro groups is 2. The van der Waals surface area contributed by atoms with Gasteiger partial charge in [0.05, 0.1) is 39.4 Å². The van der Waals surface area contributed by atoms with E-state index in [0.717, 1.165) is 17.8 Å². The van der Waals surface area contributed by atoms with Gasteiger partial charge in [-0.05, 0) is 51.8 Å². The lowest BCUT2D eigenvalue weighted by molar-refractivity contribution is -0.394. The molecular formula is C20H15BrN4O6. The number of methoxy groups -OCH3 is 1. The quantitative estimate of drug-likeness (QED) is 0.252. The van der Waals surface area contributed by atoms with Crippen LogP contribution in [0.25, 0.3) is 0 Å². The minimum atomic E-state index is -0.751. The minimum Gasteiger partial charge on any atom is -0.493 e. The summed E-state index contributed by atoms with van der Waals surface area (Å²) in [5.41, 5.74) is 3.42. The fourth-order valence-electron chi connectivity index (χ4n) is 2.57. The van der Waals surface area contributed by atoms with Gasteiger partial charge in [-0.15, -0.1) is 0 Å². The van der Waals surface area contributed by atoms with Crippen molar-refractivity contribution in [2.24, 2.45) is 5.10 Å². The maximum Gasteiger partial charge on any atom is 0.318 e. The van der Waals surface area contributed by atoms with Gasteiger partial charge in [-0.25, -0.2) is 0 Å². The van der Waals surface area contributed by atoms with Gasteiger partial charge in [0.1, 0.15) is 0 Å². The first-order chi connectivity index (χ1) is 14.9. The third-order valence-corrected chi connectivity index (χ3v) is 4.58. The molecule has 0 atom stereocenters. The molecule has 0 amide bonds. The van der Waals surface area contributed by atoms with Gasteiger partial charge in [-0.3, -0.25) is 25.7 Å². The molecule has 0 fully saturated rings. The first kappa shape index (κ1) is 21.7. The van der Waals surface area contributed by atoms with Gasteiger partial charge in [-0.1, -0.05) is 18.2 Å². The van der Waals surface area contributed by atoms with E-state index < -0.39 is 21.2 Å². The van der Waals surface area contributed by atoms with E-state index in [1.807, 2.05) is 30.3 Å². The van der Waals surface area contributed by atoms with Crippen molar-refractivity contribution in [3.05, 3.63) is 90.9 Å². The van der Waals surface area contributed by atoms with Crippen molar-refractivity contribution in [2.75, 3.05) is 12.5 Å². The summed E-state index contributed by atoms with van der Waals surface area (Å²) in [7, 11) is 1.42. The standard InChI is InChI=1S/C20H15BrN4O6/c1-30-19-10-13(12-22-23-14-5-3-2-4-6-14)9-16(21)20(19)31-18-8-7-15(24(26)27)11-17(18)25(28)29/h2-12,23H,1H3. The lowest BCUT2D eigenvalue weighted by atomic mass is 10.2. The van der Waals surface area contributed by atoms with Gasteiger partial charge < -0.3 is 9.47 Å². The number of nitrogens with zero attached hydrogens (tertiary/aromatic N) is 3.